The lowest BCUT2D eigenvalue weighted by Gasteiger charge is -2.45. The standard InChI is InChI=1S/C22H27NO/c1-21(2)12-16(13-22(3,4)14-21)23-15-9-10-20-18(11-15)17-7-5-6-8-19(17)24-20/h5-11,16,23H,12-14H2,1-4H3. The zero-order chi connectivity index (χ0) is 16.9. The van der Waals surface area contributed by atoms with Crippen molar-refractivity contribution >= 4 is 27.6 Å². The summed E-state index contributed by atoms with van der Waals surface area (Å²) in [5.74, 6) is 0. The monoisotopic (exact) mass is 321 g/mol. The second-order valence-corrected chi connectivity index (χ2v) is 9.06. The summed E-state index contributed by atoms with van der Waals surface area (Å²) in [6.45, 7) is 9.59. The van der Waals surface area contributed by atoms with Crippen LogP contribution in [0.5, 0.6) is 0 Å². The fraction of sp³-hybridized carbons (Fsp3) is 0.455. The molecule has 126 valence electrons. The highest BCUT2D eigenvalue weighted by atomic mass is 16.3. The molecule has 2 heteroatoms. The number of furan rings is 1. The summed E-state index contributed by atoms with van der Waals surface area (Å²) in [7, 11) is 0. The van der Waals surface area contributed by atoms with E-state index in [1.165, 1.54) is 35.7 Å². The molecule has 1 saturated carbocycles. The van der Waals surface area contributed by atoms with Crippen LogP contribution in [0.1, 0.15) is 47.0 Å². The quantitative estimate of drug-likeness (QED) is 0.575. The molecule has 0 atom stereocenters. The average molecular weight is 321 g/mol. The molecule has 2 nitrogen and oxygen atoms in total. The SMILES string of the molecule is CC1(C)CC(Nc2ccc3oc4ccccc4c3c2)CC(C)(C)C1. The first-order valence-corrected chi connectivity index (χ1v) is 8.99. The molecule has 3 aromatic rings. The van der Waals surface area contributed by atoms with Crippen LogP contribution in [0.15, 0.2) is 46.9 Å². The predicted molar refractivity (Wildman–Crippen MR) is 103 cm³/mol. The molecule has 0 spiro atoms. The van der Waals surface area contributed by atoms with Gasteiger partial charge in [0.05, 0.1) is 0 Å². The van der Waals surface area contributed by atoms with Crippen LogP contribution in [-0.4, -0.2) is 6.04 Å². The van der Waals surface area contributed by atoms with Crippen LogP contribution in [0.4, 0.5) is 5.69 Å². The number of benzene rings is 2. The second-order valence-electron chi connectivity index (χ2n) is 9.06. The third-order valence-electron chi connectivity index (χ3n) is 5.30. The smallest absolute Gasteiger partial charge is 0.135 e. The van der Waals surface area contributed by atoms with Crippen LogP contribution in [0.3, 0.4) is 0 Å². The first-order chi connectivity index (χ1) is 11.3. The van der Waals surface area contributed by atoms with Crippen LogP contribution in [0.25, 0.3) is 21.9 Å². The minimum absolute atomic E-state index is 0.395. The minimum Gasteiger partial charge on any atom is -0.456 e. The largest absolute Gasteiger partial charge is 0.456 e. The van der Waals surface area contributed by atoms with Crippen molar-refractivity contribution in [2.24, 2.45) is 10.8 Å². The molecule has 0 saturated heterocycles. The van der Waals surface area contributed by atoms with Crippen molar-refractivity contribution in [2.75, 3.05) is 5.32 Å². The van der Waals surface area contributed by atoms with Crippen LogP contribution in [0, 0.1) is 10.8 Å². The van der Waals surface area contributed by atoms with E-state index in [1.54, 1.807) is 0 Å². The summed E-state index contributed by atoms with van der Waals surface area (Å²) in [5, 5.41) is 6.19. The normalized spacial score (nSPS) is 20.5. The second kappa shape index (κ2) is 5.27. The van der Waals surface area contributed by atoms with Gasteiger partial charge >= 0.3 is 0 Å². The third kappa shape index (κ3) is 2.90. The average Bonchev–Trinajstić information content (AvgIpc) is 2.82. The van der Waals surface area contributed by atoms with E-state index >= 15 is 0 Å². The maximum Gasteiger partial charge on any atom is 0.135 e. The molecular weight excluding hydrogens is 294 g/mol. The van der Waals surface area contributed by atoms with E-state index in [2.05, 4.69) is 63.3 Å². The van der Waals surface area contributed by atoms with Crippen LogP contribution in [-0.2, 0) is 0 Å². The number of rotatable bonds is 2. The molecule has 2 aromatic carbocycles. The molecule has 1 aliphatic rings. The summed E-state index contributed by atoms with van der Waals surface area (Å²) >= 11 is 0. The summed E-state index contributed by atoms with van der Waals surface area (Å²) in [4.78, 5) is 0. The highest BCUT2D eigenvalue weighted by molar-refractivity contribution is 6.05. The first kappa shape index (κ1) is 15.6. The van der Waals surface area contributed by atoms with E-state index in [1.807, 2.05) is 12.1 Å². The van der Waals surface area contributed by atoms with Gasteiger partial charge in [-0.2, -0.15) is 0 Å². The topological polar surface area (TPSA) is 25.2 Å². The molecule has 1 aliphatic carbocycles. The number of para-hydroxylation sites is 1. The zero-order valence-corrected chi connectivity index (χ0v) is 15.1. The highest BCUT2D eigenvalue weighted by Gasteiger charge is 2.38. The van der Waals surface area contributed by atoms with Gasteiger partial charge in [-0.3, -0.25) is 0 Å². The van der Waals surface area contributed by atoms with Gasteiger partial charge in [0.1, 0.15) is 11.2 Å². The molecule has 0 bridgehead atoms. The summed E-state index contributed by atoms with van der Waals surface area (Å²) < 4.78 is 5.94. The minimum atomic E-state index is 0.395. The van der Waals surface area contributed by atoms with Crippen LogP contribution >= 0.6 is 0 Å². The van der Waals surface area contributed by atoms with Gasteiger partial charge in [0, 0.05) is 22.5 Å². The van der Waals surface area contributed by atoms with Crippen molar-refractivity contribution in [3.63, 3.8) is 0 Å². The van der Waals surface area contributed by atoms with E-state index in [0.29, 0.717) is 16.9 Å². The maximum atomic E-state index is 5.94. The van der Waals surface area contributed by atoms with E-state index in [0.717, 1.165) is 11.2 Å². The van der Waals surface area contributed by atoms with Gasteiger partial charge in [-0.05, 0) is 54.4 Å². The molecule has 0 unspecified atom stereocenters. The van der Waals surface area contributed by atoms with E-state index in [9.17, 15) is 0 Å². The number of hydrogen-bond donors (Lipinski definition) is 1. The molecule has 0 aliphatic heterocycles. The van der Waals surface area contributed by atoms with Crippen molar-refractivity contribution < 1.29 is 4.42 Å². The Morgan fingerprint density at radius 2 is 1.54 bits per heavy atom. The Morgan fingerprint density at radius 1 is 0.875 bits per heavy atom. The van der Waals surface area contributed by atoms with Gasteiger partial charge in [0.25, 0.3) is 0 Å². The molecule has 1 N–H and O–H groups in total. The fourth-order valence-electron chi connectivity index (χ4n) is 5.00. The Balaban J connectivity index is 1.66. The lowest BCUT2D eigenvalue weighted by Crippen LogP contribution is -2.40. The summed E-state index contributed by atoms with van der Waals surface area (Å²) in [6.07, 6.45) is 3.74. The summed E-state index contributed by atoms with van der Waals surface area (Å²) in [6, 6.07) is 15.3. The summed E-state index contributed by atoms with van der Waals surface area (Å²) in [5.41, 5.74) is 3.92. The molecule has 1 heterocycles. The predicted octanol–water partition coefficient (Wildman–Crippen LogP) is 6.60. The van der Waals surface area contributed by atoms with Gasteiger partial charge in [-0.25, -0.2) is 0 Å². The Hall–Kier alpha value is -1.96. The van der Waals surface area contributed by atoms with E-state index in [-0.39, 0.29) is 0 Å². The lowest BCUT2D eigenvalue weighted by molar-refractivity contribution is 0.105. The molecular formula is C22H27NO. The van der Waals surface area contributed by atoms with Crippen LogP contribution < -0.4 is 5.32 Å². The van der Waals surface area contributed by atoms with E-state index in [4.69, 9.17) is 4.42 Å². The lowest BCUT2D eigenvalue weighted by atomic mass is 9.63. The molecule has 1 aromatic heterocycles. The van der Waals surface area contributed by atoms with E-state index < -0.39 is 0 Å². The number of hydrogen-bond acceptors (Lipinski definition) is 2. The first-order valence-electron chi connectivity index (χ1n) is 8.99. The highest BCUT2D eigenvalue weighted by Crippen LogP contribution is 2.46. The van der Waals surface area contributed by atoms with Gasteiger partial charge in [0.15, 0.2) is 0 Å². The molecule has 24 heavy (non-hydrogen) atoms. The van der Waals surface area contributed by atoms with Gasteiger partial charge < -0.3 is 9.73 Å². The molecule has 4 rings (SSSR count). The molecule has 1 fully saturated rings. The van der Waals surface area contributed by atoms with Gasteiger partial charge in [0.2, 0.25) is 0 Å². The maximum absolute atomic E-state index is 5.94. The van der Waals surface area contributed by atoms with Crippen molar-refractivity contribution in [3.8, 4) is 0 Å². The Bertz CT molecular complexity index is 871. The number of nitrogens with one attached hydrogen (secondary N) is 1. The van der Waals surface area contributed by atoms with Crippen molar-refractivity contribution in [1.82, 2.24) is 0 Å². The molecule has 0 amide bonds. The Morgan fingerprint density at radius 3 is 2.29 bits per heavy atom. The van der Waals surface area contributed by atoms with Crippen LogP contribution in [0.2, 0.25) is 0 Å². The van der Waals surface area contributed by atoms with Crippen molar-refractivity contribution in [3.05, 3.63) is 42.5 Å². The van der Waals surface area contributed by atoms with Gasteiger partial charge in [-0.15, -0.1) is 0 Å². The zero-order valence-electron chi connectivity index (χ0n) is 15.1. The number of anilines is 1. The van der Waals surface area contributed by atoms with Gasteiger partial charge in [-0.1, -0.05) is 45.9 Å². The Labute approximate surface area is 144 Å². The van der Waals surface area contributed by atoms with Crippen molar-refractivity contribution in [1.29, 1.82) is 0 Å². The number of fused-ring (bicyclic) bond motifs is 3. The Kier molecular flexibility index (Phi) is 3.42. The third-order valence-corrected chi connectivity index (χ3v) is 5.30. The fourth-order valence-corrected chi connectivity index (χ4v) is 5.00. The van der Waals surface area contributed by atoms with Crippen molar-refractivity contribution in [2.45, 2.75) is 53.0 Å². The molecule has 0 radical (unpaired) electrons.